The number of aromatic hydroxyl groups is 1. The minimum atomic E-state index is -0.937. The molecule has 1 heterocycles. The summed E-state index contributed by atoms with van der Waals surface area (Å²) in [6.07, 6.45) is 1.07. The molecule has 0 fully saturated rings. The Kier molecular flexibility index (Phi) is 7.19. The van der Waals surface area contributed by atoms with Crippen molar-refractivity contribution in [2.24, 2.45) is 10.2 Å². The normalized spacial score (nSPS) is 14.7. The number of carboxylic acid groups (broad SMARTS) is 1. The molecule has 1 amide bonds. The van der Waals surface area contributed by atoms with E-state index in [0.29, 0.717) is 40.9 Å². The molecule has 0 aromatic heterocycles. The summed E-state index contributed by atoms with van der Waals surface area (Å²) in [4.78, 5) is 23.1. The molecule has 0 atom stereocenters. The molecule has 168 valence electrons. The number of carbonyl (C=O) groups is 2. The van der Waals surface area contributed by atoms with Crippen molar-refractivity contribution in [1.29, 1.82) is 0 Å². The first kappa shape index (κ1) is 22.9. The number of hydrazone groups is 2. The predicted molar refractivity (Wildman–Crippen MR) is 119 cm³/mol. The maximum Gasteiger partial charge on any atom is 0.303 e. The Morgan fingerprint density at radius 1 is 1.16 bits per heavy atom. The largest absolute Gasteiger partial charge is 0.505 e. The van der Waals surface area contributed by atoms with Crippen LogP contribution in [0.3, 0.4) is 0 Å². The lowest BCUT2D eigenvalue weighted by atomic mass is 10.0. The Balaban J connectivity index is 1.67. The third kappa shape index (κ3) is 5.29. The van der Waals surface area contributed by atoms with Crippen LogP contribution < -0.4 is 5.43 Å². The van der Waals surface area contributed by atoms with Crippen LogP contribution in [0.25, 0.3) is 0 Å². The van der Waals surface area contributed by atoms with Crippen molar-refractivity contribution in [3.8, 4) is 5.75 Å². The molecule has 0 saturated carbocycles. The fourth-order valence-corrected chi connectivity index (χ4v) is 3.38. The van der Waals surface area contributed by atoms with Gasteiger partial charge in [-0.05, 0) is 55.9 Å². The summed E-state index contributed by atoms with van der Waals surface area (Å²) >= 11 is 0. The van der Waals surface area contributed by atoms with Crippen molar-refractivity contribution in [2.75, 3.05) is 12.0 Å². The van der Waals surface area contributed by atoms with Gasteiger partial charge in [0.2, 0.25) is 0 Å². The van der Waals surface area contributed by atoms with Gasteiger partial charge in [0.15, 0.2) is 5.71 Å². The Bertz CT molecular complexity index is 1100. The number of halogens is 1. The number of carboxylic acids is 1. The second-order valence-corrected chi connectivity index (χ2v) is 7.54. The van der Waals surface area contributed by atoms with E-state index in [2.05, 4.69) is 15.6 Å². The summed E-state index contributed by atoms with van der Waals surface area (Å²) in [7, 11) is 0. The lowest BCUT2D eigenvalue weighted by Gasteiger charge is -2.11. The Morgan fingerprint density at radius 2 is 1.84 bits per heavy atom. The Labute approximate surface area is 185 Å². The predicted octanol–water partition coefficient (Wildman–Crippen LogP) is 3.48. The zero-order valence-electron chi connectivity index (χ0n) is 17.9. The number of hydrogen-bond acceptors (Lipinski definition) is 6. The standard InChI is InChI=1S/C23H25FN4O4/c1-14-6-3-7-16(20(14)24)11-12-17-8-4-9-18(22(17)31)25-26-21-15(2)27-28(23(21)32)13-5-10-19(29)30/h3-4,6-9,25,31H,5,10-13H2,1-2H3,(H,29,30)/b26-21-. The van der Waals surface area contributed by atoms with Gasteiger partial charge in [-0.2, -0.15) is 10.2 Å². The molecular weight excluding hydrogens is 415 g/mol. The molecule has 0 bridgehead atoms. The van der Waals surface area contributed by atoms with Crippen LogP contribution in [0.5, 0.6) is 5.75 Å². The fourth-order valence-electron chi connectivity index (χ4n) is 3.38. The number of rotatable bonds is 9. The third-order valence-electron chi connectivity index (χ3n) is 5.15. The van der Waals surface area contributed by atoms with E-state index in [1.54, 1.807) is 50.2 Å². The summed E-state index contributed by atoms with van der Waals surface area (Å²) in [5.74, 6) is -1.64. The maximum absolute atomic E-state index is 14.2. The number of para-hydroxylation sites is 1. The van der Waals surface area contributed by atoms with E-state index in [9.17, 15) is 19.1 Å². The molecule has 0 radical (unpaired) electrons. The fraction of sp³-hybridized carbons (Fsp3) is 0.304. The van der Waals surface area contributed by atoms with E-state index in [1.807, 2.05) is 0 Å². The van der Waals surface area contributed by atoms with E-state index in [4.69, 9.17) is 5.11 Å². The van der Waals surface area contributed by atoms with E-state index in [-0.39, 0.29) is 36.7 Å². The highest BCUT2D eigenvalue weighted by molar-refractivity contribution is 6.68. The molecule has 0 saturated heterocycles. The number of carbonyl (C=O) groups excluding carboxylic acids is 1. The van der Waals surface area contributed by atoms with Gasteiger partial charge in [-0.25, -0.2) is 9.40 Å². The molecule has 0 unspecified atom stereocenters. The maximum atomic E-state index is 14.2. The van der Waals surface area contributed by atoms with Gasteiger partial charge in [-0.15, -0.1) is 0 Å². The van der Waals surface area contributed by atoms with Crippen LogP contribution in [0.1, 0.15) is 36.5 Å². The smallest absolute Gasteiger partial charge is 0.303 e. The first-order valence-electron chi connectivity index (χ1n) is 10.3. The number of nitrogens with zero attached hydrogens (tertiary/aromatic N) is 3. The second-order valence-electron chi connectivity index (χ2n) is 7.54. The highest BCUT2D eigenvalue weighted by Crippen LogP contribution is 2.29. The number of benzene rings is 2. The van der Waals surface area contributed by atoms with Crippen LogP contribution in [0.4, 0.5) is 10.1 Å². The minimum absolute atomic E-state index is 0.0248. The van der Waals surface area contributed by atoms with Crippen LogP contribution >= 0.6 is 0 Å². The Hall–Kier alpha value is -3.75. The van der Waals surface area contributed by atoms with Crippen LogP contribution in [-0.2, 0) is 22.4 Å². The zero-order valence-corrected chi connectivity index (χ0v) is 17.9. The molecule has 1 aliphatic rings. The highest BCUT2D eigenvalue weighted by Gasteiger charge is 2.29. The molecule has 9 heteroatoms. The van der Waals surface area contributed by atoms with Crippen molar-refractivity contribution < 1.29 is 24.2 Å². The number of amides is 1. The van der Waals surface area contributed by atoms with Crippen LogP contribution in [0.2, 0.25) is 0 Å². The van der Waals surface area contributed by atoms with E-state index in [1.165, 1.54) is 5.01 Å². The molecule has 2 aromatic rings. The second kappa shape index (κ2) is 10.0. The van der Waals surface area contributed by atoms with Crippen molar-refractivity contribution in [2.45, 2.75) is 39.5 Å². The van der Waals surface area contributed by atoms with Gasteiger partial charge in [-0.3, -0.25) is 15.0 Å². The van der Waals surface area contributed by atoms with Gasteiger partial charge in [0.25, 0.3) is 5.91 Å². The van der Waals surface area contributed by atoms with Gasteiger partial charge in [0.05, 0.1) is 11.4 Å². The molecule has 32 heavy (non-hydrogen) atoms. The number of anilines is 1. The lowest BCUT2D eigenvalue weighted by molar-refractivity contribution is -0.137. The highest BCUT2D eigenvalue weighted by atomic mass is 19.1. The molecular formula is C23H25FN4O4. The summed E-state index contributed by atoms with van der Waals surface area (Å²) < 4.78 is 14.2. The third-order valence-corrected chi connectivity index (χ3v) is 5.15. The Morgan fingerprint density at radius 3 is 2.59 bits per heavy atom. The average Bonchev–Trinajstić information content (AvgIpc) is 3.01. The summed E-state index contributed by atoms with van der Waals surface area (Å²) in [6, 6.07) is 10.3. The number of aryl methyl sites for hydroxylation is 3. The number of phenols is 1. The molecule has 3 N–H and O–H groups in total. The van der Waals surface area contributed by atoms with E-state index in [0.717, 1.165) is 0 Å². The van der Waals surface area contributed by atoms with Gasteiger partial charge in [0, 0.05) is 13.0 Å². The lowest BCUT2D eigenvalue weighted by Crippen LogP contribution is -2.29. The van der Waals surface area contributed by atoms with Gasteiger partial charge >= 0.3 is 5.97 Å². The molecule has 2 aromatic carbocycles. The molecule has 3 rings (SSSR count). The first-order valence-corrected chi connectivity index (χ1v) is 10.3. The number of hydrogen-bond donors (Lipinski definition) is 3. The molecule has 0 spiro atoms. The van der Waals surface area contributed by atoms with Gasteiger partial charge < -0.3 is 10.2 Å². The summed E-state index contributed by atoms with van der Waals surface area (Å²) in [6.45, 7) is 3.52. The summed E-state index contributed by atoms with van der Waals surface area (Å²) in [5.41, 5.74) is 5.28. The molecule has 0 aliphatic carbocycles. The van der Waals surface area contributed by atoms with Crippen LogP contribution in [-0.4, -0.2) is 45.1 Å². The van der Waals surface area contributed by atoms with Crippen LogP contribution in [0, 0.1) is 12.7 Å². The minimum Gasteiger partial charge on any atom is -0.505 e. The quantitative estimate of drug-likeness (QED) is 0.408. The van der Waals surface area contributed by atoms with E-state index < -0.39 is 11.9 Å². The zero-order chi connectivity index (χ0) is 23.3. The first-order chi connectivity index (χ1) is 15.3. The number of nitrogens with one attached hydrogen (secondary N) is 1. The monoisotopic (exact) mass is 440 g/mol. The summed E-state index contributed by atoms with van der Waals surface area (Å²) in [5, 5.41) is 28.7. The van der Waals surface area contributed by atoms with Crippen molar-refractivity contribution in [1.82, 2.24) is 5.01 Å². The van der Waals surface area contributed by atoms with E-state index >= 15 is 0 Å². The topological polar surface area (TPSA) is 115 Å². The molecule has 1 aliphatic heterocycles. The average molecular weight is 440 g/mol. The number of phenolic OH excluding ortho intramolecular Hbond substituents is 1. The van der Waals surface area contributed by atoms with Gasteiger partial charge in [-0.1, -0.05) is 30.3 Å². The molecule has 8 nitrogen and oxygen atoms in total. The van der Waals surface area contributed by atoms with Crippen LogP contribution in [0.15, 0.2) is 46.6 Å². The van der Waals surface area contributed by atoms with Crippen molar-refractivity contribution in [3.63, 3.8) is 0 Å². The van der Waals surface area contributed by atoms with Crippen molar-refractivity contribution >= 4 is 29.0 Å². The van der Waals surface area contributed by atoms with Gasteiger partial charge in [0.1, 0.15) is 11.6 Å². The number of aliphatic carboxylic acids is 1. The SMILES string of the molecule is CC1=NN(CCCC(=O)O)C(=O)/C1=N\Nc1cccc(CCc2cccc(C)c2F)c1O. The van der Waals surface area contributed by atoms with Crippen molar-refractivity contribution in [3.05, 3.63) is 58.9 Å².